The fourth-order valence-electron chi connectivity index (χ4n) is 3.29. The van der Waals surface area contributed by atoms with E-state index in [-0.39, 0.29) is 11.5 Å². The first-order valence-electron chi connectivity index (χ1n) is 10.3. The molecule has 0 saturated carbocycles. The monoisotopic (exact) mass is 459 g/mol. The maximum absolute atomic E-state index is 14.5. The number of nitrogens with two attached hydrogens (primary N) is 1. The van der Waals surface area contributed by atoms with Crippen LogP contribution in [0.25, 0.3) is 16.8 Å². The molecule has 0 spiro atoms. The molecular weight excluding hydrogens is 433 g/mol. The van der Waals surface area contributed by atoms with E-state index >= 15 is 0 Å². The predicted octanol–water partition coefficient (Wildman–Crippen LogP) is 3.32. The second kappa shape index (κ2) is 11.0. The summed E-state index contributed by atoms with van der Waals surface area (Å²) < 4.78 is 20.4. The second-order valence-electron chi connectivity index (χ2n) is 7.29. The van der Waals surface area contributed by atoms with Gasteiger partial charge < -0.3 is 26.4 Å². The Balaban J connectivity index is 1.99. The third-order valence-electron chi connectivity index (χ3n) is 4.93. The first-order valence-corrected chi connectivity index (χ1v) is 10.7. The molecule has 3 rings (SSSR count). The van der Waals surface area contributed by atoms with Crippen molar-refractivity contribution in [2.45, 2.75) is 13.3 Å². The fraction of sp³-hybridized carbons (Fsp3) is 0.304. The van der Waals surface area contributed by atoms with E-state index in [0.29, 0.717) is 58.7 Å². The van der Waals surface area contributed by atoms with Gasteiger partial charge in [-0.3, -0.25) is 4.79 Å². The molecule has 0 bridgehead atoms. The Morgan fingerprint density at radius 2 is 2.19 bits per heavy atom. The van der Waals surface area contributed by atoms with Crippen LogP contribution in [0.3, 0.4) is 0 Å². The summed E-state index contributed by atoms with van der Waals surface area (Å²) in [7, 11) is 1.86. The Morgan fingerprint density at radius 1 is 1.38 bits per heavy atom. The minimum atomic E-state index is -0.449. The van der Waals surface area contributed by atoms with Crippen LogP contribution in [-0.2, 0) is 4.79 Å². The third-order valence-corrected chi connectivity index (χ3v) is 5.16. The quantitative estimate of drug-likeness (QED) is 0.274. The Morgan fingerprint density at radius 3 is 2.94 bits per heavy atom. The molecule has 0 aliphatic carbocycles. The Bertz CT molecular complexity index is 1050. The highest BCUT2D eigenvalue weighted by Crippen LogP contribution is 2.38. The summed E-state index contributed by atoms with van der Waals surface area (Å²) in [5.74, 6) is 0.335. The average Bonchev–Trinajstić information content (AvgIpc) is 2.80. The van der Waals surface area contributed by atoms with Crippen molar-refractivity contribution >= 4 is 28.9 Å². The summed E-state index contributed by atoms with van der Waals surface area (Å²) in [6, 6.07) is 5.98. The molecule has 0 atom stereocenters. The zero-order valence-electron chi connectivity index (χ0n) is 18.1. The predicted molar refractivity (Wildman–Crippen MR) is 126 cm³/mol. The lowest BCUT2D eigenvalue weighted by molar-refractivity contribution is -0.117. The van der Waals surface area contributed by atoms with Crippen molar-refractivity contribution in [1.82, 2.24) is 15.6 Å². The van der Waals surface area contributed by atoms with Gasteiger partial charge in [0.05, 0.1) is 12.2 Å². The largest absolute Gasteiger partial charge is 0.487 e. The van der Waals surface area contributed by atoms with Crippen LogP contribution in [0.4, 0.5) is 10.2 Å². The van der Waals surface area contributed by atoms with Gasteiger partial charge in [0.2, 0.25) is 5.91 Å². The van der Waals surface area contributed by atoms with Gasteiger partial charge in [-0.2, -0.15) is 0 Å². The van der Waals surface area contributed by atoms with E-state index in [2.05, 4.69) is 20.9 Å². The van der Waals surface area contributed by atoms with Crippen molar-refractivity contribution in [3.8, 4) is 17.0 Å². The maximum atomic E-state index is 14.5. The molecular formula is C23H27ClFN5O2. The van der Waals surface area contributed by atoms with Gasteiger partial charge >= 0.3 is 0 Å². The number of rotatable bonds is 8. The summed E-state index contributed by atoms with van der Waals surface area (Å²) in [6.45, 7) is 4.09. The normalized spacial score (nSPS) is 13.8. The molecule has 170 valence electrons. The van der Waals surface area contributed by atoms with Crippen LogP contribution in [0, 0.1) is 5.82 Å². The molecule has 1 aromatic carbocycles. The zero-order valence-corrected chi connectivity index (χ0v) is 18.9. The third kappa shape index (κ3) is 5.57. The average molecular weight is 460 g/mol. The number of allylic oxidation sites excluding steroid dienone is 2. The minimum Gasteiger partial charge on any atom is -0.487 e. The number of carbonyl (C=O) groups excluding carboxylic acids is 1. The van der Waals surface area contributed by atoms with Crippen LogP contribution in [-0.4, -0.2) is 44.2 Å². The van der Waals surface area contributed by atoms with Crippen molar-refractivity contribution < 1.29 is 13.9 Å². The second-order valence-corrected chi connectivity index (χ2v) is 7.73. The molecule has 1 aliphatic rings. The number of aromatic nitrogens is 1. The van der Waals surface area contributed by atoms with E-state index in [0.717, 1.165) is 13.0 Å². The number of pyridine rings is 1. The standard InChI is InChI=1S/C23H27ClFN5O2/c1-14(23(31)29-7-3-6-27-2)10-15(13-26)17-12-20(18-11-16(24)4-5-19(18)25)30-22-21(17)32-9-8-28-22/h4-5,10-13,27H,3,6-9,26H2,1-2H3,(H,28,30)(H,29,31)/b14-10+,15-13+. The van der Waals surface area contributed by atoms with Crippen LogP contribution in [0.1, 0.15) is 18.9 Å². The summed E-state index contributed by atoms with van der Waals surface area (Å²) in [4.78, 5) is 17.0. The highest BCUT2D eigenvalue weighted by Gasteiger charge is 2.22. The van der Waals surface area contributed by atoms with Gasteiger partial charge in [0.15, 0.2) is 11.6 Å². The minimum absolute atomic E-state index is 0.191. The van der Waals surface area contributed by atoms with Crippen molar-refractivity contribution in [3.63, 3.8) is 0 Å². The number of halogens is 2. The fourth-order valence-corrected chi connectivity index (χ4v) is 3.46. The number of amides is 1. The van der Waals surface area contributed by atoms with Crippen LogP contribution >= 0.6 is 11.6 Å². The lowest BCUT2D eigenvalue weighted by Crippen LogP contribution is -2.27. The van der Waals surface area contributed by atoms with Crippen LogP contribution in [0.2, 0.25) is 5.02 Å². The van der Waals surface area contributed by atoms with Gasteiger partial charge in [-0.05, 0) is 57.3 Å². The van der Waals surface area contributed by atoms with E-state index < -0.39 is 5.82 Å². The van der Waals surface area contributed by atoms with E-state index in [1.807, 2.05) is 7.05 Å². The lowest BCUT2D eigenvalue weighted by atomic mass is 10.00. The van der Waals surface area contributed by atoms with Crippen LogP contribution in [0.5, 0.6) is 5.75 Å². The van der Waals surface area contributed by atoms with Crippen molar-refractivity contribution in [2.75, 3.05) is 38.6 Å². The molecule has 1 aliphatic heterocycles. The number of nitrogens with one attached hydrogen (secondary N) is 3. The van der Waals surface area contributed by atoms with Gasteiger partial charge in [0.1, 0.15) is 12.4 Å². The van der Waals surface area contributed by atoms with E-state index in [1.165, 1.54) is 24.4 Å². The number of hydrogen-bond acceptors (Lipinski definition) is 6. The SMILES string of the molecule is CNCCCNC(=O)/C(C)=C/C(=C\N)c1cc(-c2cc(Cl)ccc2F)nc2c1OCCN2. The number of fused-ring (bicyclic) bond motifs is 1. The van der Waals surface area contributed by atoms with Gasteiger partial charge in [-0.15, -0.1) is 0 Å². The number of hydrogen-bond donors (Lipinski definition) is 4. The number of anilines is 1. The summed E-state index contributed by atoms with van der Waals surface area (Å²) in [6.07, 6.45) is 3.89. The molecule has 2 heterocycles. The van der Waals surface area contributed by atoms with Crippen molar-refractivity contribution in [2.24, 2.45) is 5.73 Å². The molecule has 1 amide bonds. The molecule has 7 nitrogen and oxygen atoms in total. The number of ether oxygens (including phenoxy) is 1. The number of nitrogens with zero attached hydrogens (tertiary/aromatic N) is 1. The van der Waals surface area contributed by atoms with Gasteiger partial charge in [0, 0.05) is 40.0 Å². The van der Waals surface area contributed by atoms with Crippen molar-refractivity contribution in [3.05, 3.63) is 58.5 Å². The summed E-state index contributed by atoms with van der Waals surface area (Å²) in [5, 5.41) is 9.48. The number of benzene rings is 1. The first kappa shape index (κ1) is 23.6. The van der Waals surface area contributed by atoms with Crippen LogP contribution in [0.15, 0.2) is 42.1 Å². The Labute approximate surface area is 191 Å². The Hall–Kier alpha value is -3.10. The molecule has 0 saturated heterocycles. The van der Waals surface area contributed by atoms with Crippen LogP contribution < -0.4 is 26.4 Å². The highest BCUT2D eigenvalue weighted by molar-refractivity contribution is 6.30. The summed E-state index contributed by atoms with van der Waals surface area (Å²) >= 11 is 6.08. The zero-order chi connectivity index (χ0) is 23.1. The molecule has 9 heteroatoms. The number of carbonyl (C=O) groups is 1. The molecule has 5 N–H and O–H groups in total. The van der Waals surface area contributed by atoms with E-state index in [1.54, 1.807) is 19.1 Å². The highest BCUT2D eigenvalue weighted by atomic mass is 35.5. The van der Waals surface area contributed by atoms with Gasteiger partial charge in [-0.1, -0.05) is 11.6 Å². The van der Waals surface area contributed by atoms with E-state index in [4.69, 9.17) is 22.1 Å². The molecule has 0 fully saturated rings. The maximum Gasteiger partial charge on any atom is 0.246 e. The smallest absolute Gasteiger partial charge is 0.246 e. The molecule has 0 unspecified atom stereocenters. The first-order chi connectivity index (χ1) is 15.4. The molecule has 0 radical (unpaired) electrons. The van der Waals surface area contributed by atoms with E-state index in [9.17, 15) is 9.18 Å². The molecule has 2 aromatic rings. The van der Waals surface area contributed by atoms with Gasteiger partial charge in [-0.25, -0.2) is 9.37 Å². The van der Waals surface area contributed by atoms with Gasteiger partial charge in [0.25, 0.3) is 0 Å². The Kier molecular flexibility index (Phi) is 8.08. The lowest BCUT2D eigenvalue weighted by Gasteiger charge is -2.23. The molecule has 1 aromatic heterocycles. The topological polar surface area (TPSA) is 101 Å². The molecule has 32 heavy (non-hydrogen) atoms. The van der Waals surface area contributed by atoms with Crippen molar-refractivity contribution in [1.29, 1.82) is 0 Å². The summed E-state index contributed by atoms with van der Waals surface area (Å²) in [5.41, 5.74) is 8.20.